The fourth-order valence-electron chi connectivity index (χ4n) is 2.93. The van der Waals surface area contributed by atoms with Crippen LogP contribution in [0.1, 0.15) is 21.5 Å². The molecule has 0 bridgehead atoms. The molecule has 1 aromatic rings. The van der Waals surface area contributed by atoms with Crippen molar-refractivity contribution in [3.05, 3.63) is 34.9 Å². The first-order chi connectivity index (χ1) is 9.78. The molecular formula is C15H22ClN3O2. The molecule has 1 amide bonds. The van der Waals surface area contributed by atoms with Gasteiger partial charge in [0.1, 0.15) is 0 Å². The number of hydrogen-bond donors (Lipinski definition) is 2. The van der Waals surface area contributed by atoms with E-state index in [1.807, 2.05) is 17.0 Å². The van der Waals surface area contributed by atoms with Crippen molar-refractivity contribution in [3.63, 3.8) is 0 Å². The molecule has 0 unspecified atom stereocenters. The van der Waals surface area contributed by atoms with E-state index in [9.17, 15) is 4.79 Å². The van der Waals surface area contributed by atoms with Crippen molar-refractivity contribution in [1.29, 1.82) is 0 Å². The van der Waals surface area contributed by atoms with Crippen LogP contribution in [0.25, 0.3) is 0 Å². The van der Waals surface area contributed by atoms with E-state index in [0.29, 0.717) is 6.54 Å². The van der Waals surface area contributed by atoms with Crippen molar-refractivity contribution in [2.75, 3.05) is 39.3 Å². The maximum Gasteiger partial charge on any atom is 0.253 e. The Labute approximate surface area is 131 Å². The number of nitrogens with one attached hydrogen (secondary N) is 1. The number of β-amino-alcohol motifs (C(OH)–C–C–N with tert-alkyl or cyclic N) is 1. The summed E-state index contributed by atoms with van der Waals surface area (Å²) in [4.78, 5) is 16.6. The minimum Gasteiger partial charge on any atom is -0.395 e. The Kier molecular flexibility index (Phi) is 5.58. The number of rotatable bonds is 3. The van der Waals surface area contributed by atoms with Gasteiger partial charge in [0.2, 0.25) is 0 Å². The SMILES string of the molecule is Cl.O=C(c1ccc2c(c1)CNC2)N1CCN(CCO)CC1. The highest BCUT2D eigenvalue weighted by Crippen LogP contribution is 2.18. The van der Waals surface area contributed by atoms with E-state index in [4.69, 9.17) is 5.11 Å². The monoisotopic (exact) mass is 311 g/mol. The molecule has 0 saturated carbocycles. The van der Waals surface area contributed by atoms with E-state index in [2.05, 4.69) is 16.3 Å². The first-order valence-electron chi connectivity index (χ1n) is 7.23. The molecule has 116 valence electrons. The summed E-state index contributed by atoms with van der Waals surface area (Å²) in [6, 6.07) is 6.02. The minimum atomic E-state index is 0. The summed E-state index contributed by atoms with van der Waals surface area (Å²) < 4.78 is 0. The largest absolute Gasteiger partial charge is 0.395 e. The summed E-state index contributed by atoms with van der Waals surface area (Å²) in [5, 5.41) is 12.2. The minimum absolute atomic E-state index is 0. The molecule has 5 nitrogen and oxygen atoms in total. The number of aliphatic hydroxyl groups is 1. The van der Waals surface area contributed by atoms with Crippen molar-refractivity contribution in [2.24, 2.45) is 0 Å². The molecule has 2 aliphatic rings. The molecule has 2 aliphatic heterocycles. The number of carbonyl (C=O) groups is 1. The topological polar surface area (TPSA) is 55.8 Å². The highest BCUT2D eigenvalue weighted by atomic mass is 35.5. The molecule has 0 radical (unpaired) electrons. The van der Waals surface area contributed by atoms with Crippen LogP contribution in [0, 0.1) is 0 Å². The standard InChI is InChI=1S/C15H21N3O2.ClH/c19-8-7-17-3-5-18(6-4-17)15(20)12-1-2-13-10-16-11-14(13)9-12;/h1-2,9,16,19H,3-8,10-11H2;1H. The van der Waals surface area contributed by atoms with Crippen molar-refractivity contribution in [1.82, 2.24) is 15.1 Å². The molecule has 0 spiro atoms. The van der Waals surface area contributed by atoms with Crippen LogP contribution in [-0.2, 0) is 13.1 Å². The van der Waals surface area contributed by atoms with Crippen LogP contribution in [0.3, 0.4) is 0 Å². The van der Waals surface area contributed by atoms with Crippen LogP contribution < -0.4 is 5.32 Å². The van der Waals surface area contributed by atoms with Crippen LogP contribution in [0.4, 0.5) is 0 Å². The first-order valence-corrected chi connectivity index (χ1v) is 7.23. The number of benzene rings is 1. The Bertz CT molecular complexity index is 502. The molecule has 2 heterocycles. The number of fused-ring (bicyclic) bond motifs is 1. The molecular weight excluding hydrogens is 290 g/mol. The van der Waals surface area contributed by atoms with E-state index in [1.165, 1.54) is 11.1 Å². The van der Waals surface area contributed by atoms with Gasteiger partial charge in [-0.1, -0.05) is 6.07 Å². The van der Waals surface area contributed by atoms with E-state index in [0.717, 1.165) is 44.8 Å². The Balaban J connectivity index is 0.00000161. The molecule has 0 aliphatic carbocycles. The summed E-state index contributed by atoms with van der Waals surface area (Å²) >= 11 is 0. The summed E-state index contributed by atoms with van der Waals surface area (Å²) in [6.45, 7) is 5.84. The lowest BCUT2D eigenvalue weighted by Gasteiger charge is -2.34. The molecule has 0 atom stereocenters. The number of piperazine rings is 1. The molecule has 6 heteroatoms. The van der Waals surface area contributed by atoms with Crippen LogP contribution in [0.15, 0.2) is 18.2 Å². The second-order valence-electron chi connectivity index (χ2n) is 5.44. The smallest absolute Gasteiger partial charge is 0.253 e. The number of nitrogens with zero attached hydrogens (tertiary/aromatic N) is 2. The van der Waals surface area contributed by atoms with Crippen LogP contribution >= 0.6 is 12.4 Å². The highest BCUT2D eigenvalue weighted by molar-refractivity contribution is 5.94. The summed E-state index contributed by atoms with van der Waals surface area (Å²) in [5.74, 6) is 0.128. The van der Waals surface area contributed by atoms with Gasteiger partial charge in [-0.3, -0.25) is 9.69 Å². The average molecular weight is 312 g/mol. The maximum absolute atomic E-state index is 12.5. The van der Waals surface area contributed by atoms with E-state index < -0.39 is 0 Å². The van der Waals surface area contributed by atoms with Gasteiger partial charge < -0.3 is 15.3 Å². The molecule has 21 heavy (non-hydrogen) atoms. The van der Waals surface area contributed by atoms with Gasteiger partial charge >= 0.3 is 0 Å². The van der Waals surface area contributed by atoms with E-state index >= 15 is 0 Å². The normalized spacial score (nSPS) is 18.2. The number of aliphatic hydroxyl groups excluding tert-OH is 1. The van der Waals surface area contributed by atoms with Crippen LogP contribution in [0.2, 0.25) is 0 Å². The Morgan fingerprint density at radius 3 is 2.57 bits per heavy atom. The lowest BCUT2D eigenvalue weighted by molar-refractivity contribution is 0.0615. The third kappa shape index (κ3) is 3.55. The Morgan fingerprint density at radius 1 is 1.14 bits per heavy atom. The number of hydrogen-bond acceptors (Lipinski definition) is 4. The van der Waals surface area contributed by atoms with Gasteiger partial charge in [-0.15, -0.1) is 12.4 Å². The zero-order valence-corrected chi connectivity index (χ0v) is 12.9. The summed E-state index contributed by atoms with van der Waals surface area (Å²) in [6.07, 6.45) is 0. The van der Waals surface area contributed by atoms with Gasteiger partial charge in [-0.25, -0.2) is 0 Å². The van der Waals surface area contributed by atoms with Gasteiger partial charge in [-0.05, 0) is 23.3 Å². The third-order valence-electron chi connectivity index (χ3n) is 4.16. The predicted octanol–water partition coefficient (Wildman–Crippen LogP) is 0.462. The van der Waals surface area contributed by atoms with Crippen molar-refractivity contribution >= 4 is 18.3 Å². The fraction of sp³-hybridized carbons (Fsp3) is 0.533. The summed E-state index contributed by atoms with van der Waals surface area (Å²) in [7, 11) is 0. The second kappa shape index (κ2) is 7.22. The van der Waals surface area contributed by atoms with E-state index in [1.54, 1.807) is 0 Å². The van der Waals surface area contributed by atoms with Crippen LogP contribution in [-0.4, -0.2) is 60.1 Å². The second-order valence-corrected chi connectivity index (χ2v) is 5.44. The molecule has 0 aromatic heterocycles. The van der Waals surface area contributed by atoms with E-state index in [-0.39, 0.29) is 24.9 Å². The maximum atomic E-state index is 12.5. The molecule has 1 fully saturated rings. The van der Waals surface area contributed by atoms with Gasteiger partial charge in [0.05, 0.1) is 6.61 Å². The quantitative estimate of drug-likeness (QED) is 0.852. The van der Waals surface area contributed by atoms with Crippen LogP contribution in [0.5, 0.6) is 0 Å². The molecule has 3 rings (SSSR count). The zero-order chi connectivity index (χ0) is 13.9. The van der Waals surface area contributed by atoms with Gasteiger partial charge in [-0.2, -0.15) is 0 Å². The third-order valence-corrected chi connectivity index (χ3v) is 4.16. The Hall–Kier alpha value is -1.14. The number of halogens is 1. The zero-order valence-electron chi connectivity index (χ0n) is 12.0. The van der Waals surface area contributed by atoms with Crippen molar-refractivity contribution < 1.29 is 9.90 Å². The molecule has 1 aromatic carbocycles. The molecule has 1 saturated heterocycles. The lowest BCUT2D eigenvalue weighted by Crippen LogP contribution is -2.49. The number of carbonyl (C=O) groups excluding carboxylic acids is 1. The Morgan fingerprint density at radius 2 is 1.86 bits per heavy atom. The first kappa shape index (κ1) is 16.2. The van der Waals surface area contributed by atoms with Gasteiger partial charge in [0.25, 0.3) is 5.91 Å². The molecule has 2 N–H and O–H groups in total. The predicted molar refractivity (Wildman–Crippen MR) is 83.7 cm³/mol. The fourth-order valence-corrected chi connectivity index (χ4v) is 2.93. The van der Waals surface area contributed by atoms with Crippen molar-refractivity contribution in [2.45, 2.75) is 13.1 Å². The average Bonchev–Trinajstić information content (AvgIpc) is 2.95. The van der Waals surface area contributed by atoms with Crippen molar-refractivity contribution in [3.8, 4) is 0 Å². The lowest BCUT2D eigenvalue weighted by atomic mass is 10.1. The highest BCUT2D eigenvalue weighted by Gasteiger charge is 2.22. The van der Waals surface area contributed by atoms with Gasteiger partial charge in [0, 0.05) is 51.4 Å². The number of amides is 1. The summed E-state index contributed by atoms with van der Waals surface area (Å²) in [5.41, 5.74) is 3.34. The van der Waals surface area contributed by atoms with Gasteiger partial charge in [0.15, 0.2) is 0 Å².